The molecule has 2 N–H and O–H groups in total. The largest absolute Gasteiger partial charge is 0.444 e. The zero-order valence-corrected chi connectivity index (χ0v) is 75.2. The zero-order valence-electron chi connectivity index (χ0n) is 68.5. The van der Waals surface area contributed by atoms with Gasteiger partial charge in [0.2, 0.25) is 0 Å². The van der Waals surface area contributed by atoms with Crippen molar-refractivity contribution in [2.45, 2.75) is 89.6 Å². The number of nitrogens with zero attached hydrogens (tertiary/aromatic N) is 5. The molecular weight excluding hydrogens is 1710 g/mol. The smallest absolute Gasteiger partial charge is 0.410 e. The first-order valence-electron chi connectivity index (χ1n) is 39.9. The number of amides is 2. The van der Waals surface area contributed by atoms with E-state index in [-0.39, 0.29) is 32.6 Å². The molecule has 0 unspecified atom stereocenters. The molecule has 2 saturated heterocycles. The van der Waals surface area contributed by atoms with Gasteiger partial charge in [0, 0.05) is 63.5 Å². The first-order chi connectivity index (χ1) is 57.7. The number of rotatable bonds is 14. The normalized spacial score (nSPS) is 13.2. The zero-order chi connectivity index (χ0) is 83.7. The molecule has 14 aromatic rings. The van der Waals surface area contributed by atoms with Crippen LogP contribution in [0.25, 0.3) is 0 Å². The molecule has 4 heterocycles. The Morgan fingerprint density at radius 1 is 0.325 bits per heavy atom. The van der Waals surface area contributed by atoms with Crippen LogP contribution in [0.1, 0.15) is 84.2 Å². The Bertz CT molecular complexity index is 4480. The van der Waals surface area contributed by atoms with Gasteiger partial charge in [-0.15, -0.1) is 0 Å². The molecule has 120 heavy (non-hydrogen) atoms. The third kappa shape index (κ3) is 27.9. The van der Waals surface area contributed by atoms with Crippen LogP contribution in [0.4, 0.5) is 9.59 Å². The molecule has 0 aliphatic carbocycles. The minimum absolute atomic E-state index is 0. The van der Waals surface area contributed by atoms with Gasteiger partial charge in [-0.25, -0.2) is 9.59 Å². The quantitative estimate of drug-likeness (QED) is 0.0801. The number of aliphatic hydroxyl groups is 2. The minimum atomic E-state index is -1.06. The van der Waals surface area contributed by atoms with Crippen molar-refractivity contribution in [3.05, 3.63) is 422 Å². The summed E-state index contributed by atoms with van der Waals surface area (Å²) >= 11 is 3.33. The molecule has 2 aliphatic rings. The van der Waals surface area contributed by atoms with Gasteiger partial charge in [0.1, 0.15) is 28.5 Å². The maximum Gasteiger partial charge on any atom is 0.410 e. The van der Waals surface area contributed by atoms with Crippen LogP contribution >= 0.6 is 47.6 Å². The van der Waals surface area contributed by atoms with Gasteiger partial charge in [-0.1, -0.05) is 364 Å². The van der Waals surface area contributed by atoms with E-state index >= 15 is 0 Å². The number of hydrogen-bond acceptors (Lipinski definition) is 9. The van der Waals surface area contributed by atoms with Crippen LogP contribution in [0.3, 0.4) is 0 Å². The molecule has 2 aromatic heterocycles. The number of carbonyl (C=O) groups is 2. The van der Waals surface area contributed by atoms with Crippen molar-refractivity contribution < 1.29 is 49.7 Å². The Morgan fingerprint density at radius 3 is 0.658 bits per heavy atom. The molecule has 12 aromatic carbocycles. The number of benzene rings is 12. The average molecular weight is 1820 g/mol. The number of aromatic nitrogens is 2. The van der Waals surface area contributed by atoms with Gasteiger partial charge in [0.05, 0.1) is 17.0 Å². The van der Waals surface area contributed by atoms with Crippen molar-refractivity contribution in [2.75, 3.05) is 26.2 Å². The second-order valence-electron chi connectivity index (χ2n) is 30.3. The van der Waals surface area contributed by atoms with Gasteiger partial charge in [-0.05, 0) is 203 Å². The van der Waals surface area contributed by atoms with Gasteiger partial charge in [-0.3, -0.25) is 9.97 Å². The van der Waals surface area contributed by atoms with Crippen molar-refractivity contribution in [1.29, 1.82) is 5.26 Å². The molecule has 612 valence electrons. The number of carbonyl (C=O) groups excluding carboxylic acids is 2. The van der Waals surface area contributed by atoms with E-state index in [0.717, 1.165) is 4.47 Å². The van der Waals surface area contributed by atoms with E-state index in [2.05, 4.69) is 390 Å². The number of pyridine rings is 2. The molecule has 2 fully saturated rings. The monoisotopic (exact) mass is 1810 g/mol. The summed E-state index contributed by atoms with van der Waals surface area (Å²) in [6.45, 7) is 12.8. The van der Waals surface area contributed by atoms with Crippen molar-refractivity contribution in [3.63, 3.8) is 0 Å². The van der Waals surface area contributed by atoms with Crippen LogP contribution in [-0.2, 0) is 41.1 Å². The third-order valence-electron chi connectivity index (χ3n) is 19.2. The Hall–Kier alpha value is -10.2. The van der Waals surface area contributed by atoms with E-state index in [1.165, 1.54) is 69.9 Å². The third-order valence-corrected chi connectivity index (χ3v) is 29.5. The van der Waals surface area contributed by atoms with E-state index in [9.17, 15) is 19.8 Å². The number of nitriles is 1. The molecule has 0 radical (unpaired) electrons. The van der Waals surface area contributed by atoms with Gasteiger partial charge < -0.3 is 29.5 Å². The second kappa shape index (κ2) is 46.5. The Morgan fingerprint density at radius 2 is 0.508 bits per heavy atom. The molecule has 11 nitrogen and oxygen atoms in total. The number of hydrogen-bond donors (Lipinski definition) is 2. The minimum Gasteiger partial charge on any atom is -0.444 e. The van der Waals surface area contributed by atoms with Crippen molar-refractivity contribution in [1.82, 2.24) is 19.8 Å². The van der Waals surface area contributed by atoms with Crippen LogP contribution in [0.5, 0.6) is 0 Å². The fourth-order valence-corrected chi connectivity index (χ4v) is 22.8. The molecule has 0 bridgehead atoms. The van der Waals surface area contributed by atoms with Crippen molar-refractivity contribution in [2.24, 2.45) is 0 Å². The predicted octanol–water partition coefficient (Wildman–Crippen LogP) is 19.0. The van der Waals surface area contributed by atoms with Crippen molar-refractivity contribution >= 4 is 123 Å². The Labute approximate surface area is 736 Å². The molecular formula is C103H102BrN5O6P4Pd. The summed E-state index contributed by atoms with van der Waals surface area (Å²) in [5.41, 5.74) is -1.42. The molecule has 17 heteroatoms. The predicted molar refractivity (Wildman–Crippen MR) is 503 cm³/mol. The standard InChI is InChI=1S/4C18H15P.C16H21N3O3.C15H21BrN2O3.Pd/c4*1-4-10-16(11-5-1)19(17-12-6-2-7-13-17)18-14-8-3-9-15-18;1-15(2,3)22-14(20)19-8-6-16(21,7-9-19)13-5-4-12(10-17)11-18-13;1-14(2,3)21-13(19)18-8-6-15(20,7-9-18)12-5-4-11(16)10-17-12;/h4*1-15H;4-5,11,21H,6-9H2,1-3H3;4-5,10,20H,6-9H2,1-3H3;. The van der Waals surface area contributed by atoms with Crippen LogP contribution in [0.15, 0.2) is 405 Å². The summed E-state index contributed by atoms with van der Waals surface area (Å²) in [6.07, 6.45) is 4.15. The molecule has 16 rings (SSSR count). The van der Waals surface area contributed by atoms with Gasteiger partial charge in [0.25, 0.3) is 0 Å². The Kier molecular flexibility index (Phi) is 35.7. The molecule has 0 atom stereocenters. The maximum atomic E-state index is 12.0. The number of likely N-dealkylation sites (tertiary alicyclic amines) is 2. The second-order valence-corrected chi connectivity index (χ2v) is 40.1. The first-order valence-corrected chi connectivity index (χ1v) is 46.1. The maximum absolute atomic E-state index is 12.0. The fraction of sp³-hybridized carbons (Fsp3) is 0.175. The summed E-state index contributed by atoms with van der Waals surface area (Å²) < 4.78 is 11.6. The van der Waals surface area contributed by atoms with E-state index < -0.39 is 54.1 Å². The summed E-state index contributed by atoms with van der Waals surface area (Å²) in [4.78, 5) is 35.7. The van der Waals surface area contributed by atoms with Crippen LogP contribution in [0, 0.1) is 11.3 Å². The van der Waals surface area contributed by atoms with E-state index in [0.29, 0.717) is 68.8 Å². The SMILES string of the molecule is CC(C)(C)OC(=O)N1CCC(O)(c2ccc(Br)cn2)CC1.CC(C)(C)OC(=O)N1CCC(O)(c2ccc(C#N)cn2)CC1.[Pd].c1ccc(P(c2ccccc2)c2ccccc2)cc1.c1ccc(P(c2ccccc2)c2ccccc2)cc1.c1ccc(P(c2ccccc2)c2ccccc2)cc1.c1ccc(P(c2ccccc2)c2ccccc2)cc1. The summed E-state index contributed by atoms with van der Waals surface area (Å²) in [5, 5.41) is 47.0. The summed E-state index contributed by atoms with van der Waals surface area (Å²) in [5.74, 6) is 0. The molecule has 0 saturated carbocycles. The number of piperidine rings is 2. The fourth-order valence-electron chi connectivity index (χ4n) is 13.4. The molecule has 0 spiro atoms. The van der Waals surface area contributed by atoms with Crippen LogP contribution < -0.4 is 63.7 Å². The summed E-state index contributed by atoms with van der Waals surface area (Å²) in [6, 6.07) is 138. The van der Waals surface area contributed by atoms with Gasteiger partial charge in [-0.2, -0.15) is 5.26 Å². The van der Waals surface area contributed by atoms with E-state index in [1.54, 1.807) is 28.1 Å². The summed E-state index contributed by atoms with van der Waals surface area (Å²) in [7, 11) is -1.78. The van der Waals surface area contributed by atoms with Gasteiger partial charge in [0.15, 0.2) is 0 Å². The van der Waals surface area contributed by atoms with E-state index in [4.69, 9.17) is 14.7 Å². The van der Waals surface area contributed by atoms with Gasteiger partial charge >= 0.3 is 12.2 Å². The van der Waals surface area contributed by atoms with Crippen LogP contribution in [0.2, 0.25) is 0 Å². The Balaban J connectivity index is 0.000000151. The topological polar surface area (TPSA) is 149 Å². The van der Waals surface area contributed by atoms with Crippen molar-refractivity contribution in [3.8, 4) is 6.07 Å². The molecule has 2 aliphatic heterocycles. The van der Waals surface area contributed by atoms with E-state index in [1.807, 2.05) is 59.7 Å². The average Bonchev–Trinajstić information content (AvgIpc) is 0.831. The molecule has 2 amide bonds. The van der Waals surface area contributed by atoms with Crippen LogP contribution in [-0.4, -0.2) is 79.5 Å². The number of halogens is 1. The first kappa shape index (κ1) is 92.0. The number of ether oxygens (including phenoxy) is 2.